The Hall–Kier alpha value is -4.41. The molecule has 41 heavy (non-hydrogen) atoms. The summed E-state index contributed by atoms with van der Waals surface area (Å²) in [4.78, 5) is 42.5. The summed E-state index contributed by atoms with van der Waals surface area (Å²) in [6, 6.07) is 14.0. The Balaban J connectivity index is 1.30. The Morgan fingerprint density at radius 1 is 0.976 bits per heavy atom. The van der Waals surface area contributed by atoms with Crippen molar-refractivity contribution in [2.24, 2.45) is 5.92 Å². The summed E-state index contributed by atoms with van der Waals surface area (Å²) < 4.78 is 43.7. The number of para-hydroxylation sites is 2. The number of benzene rings is 2. The van der Waals surface area contributed by atoms with Gasteiger partial charge in [0, 0.05) is 19.6 Å². The Morgan fingerprint density at radius 3 is 2.32 bits per heavy atom. The Kier molecular flexibility index (Phi) is 7.70. The van der Waals surface area contributed by atoms with E-state index in [4.69, 9.17) is 0 Å². The van der Waals surface area contributed by atoms with E-state index in [9.17, 15) is 27.6 Å². The average Bonchev–Trinajstić information content (AvgIpc) is 3.23. The number of pyridine rings is 1. The molecule has 1 aliphatic carbocycles. The lowest BCUT2D eigenvalue weighted by Gasteiger charge is -2.29. The number of fused-ring (bicyclic) bond motifs is 1. The molecule has 5 rings (SSSR count). The summed E-state index contributed by atoms with van der Waals surface area (Å²) in [7, 11) is 1.52. The van der Waals surface area contributed by atoms with Gasteiger partial charge in [-0.2, -0.15) is 13.2 Å². The summed E-state index contributed by atoms with van der Waals surface area (Å²) in [5.74, 6) is -0.892. The van der Waals surface area contributed by atoms with E-state index in [1.54, 1.807) is 28.2 Å². The second-order valence-corrected chi connectivity index (χ2v) is 10.4. The predicted molar refractivity (Wildman–Crippen MR) is 148 cm³/mol. The van der Waals surface area contributed by atoms with Crippen LogP contribution < -0.4 is 16.3 Å². The van der Waals surface area contributed by atoms with Gasteiger partial charge in [0.2, 0.25) is 0 Å². The molecule has 2 amide bonds. The summed E-state index contributed by atoms with van der Waals surface area (Å²) >= 11 is 0. The maximum atomic E-state index is 13.6. The summed E-state index contributed by atoms with van der Waals surface area (Å²) in [5.41, 5.74) is 1.31. The van der Waals surface area contributed by atoms with Gasteiger partial charge >= 0.3 is 11.9 Å². The van der Waals surface area contributed by atoms with E-state index in [1.807, 2.05) is 24.3 Å². The van der Waals surface area contributed by atoms with Crippen molar-refractivity contribution in [3.8, 4) is 5.69 Å². The lowest BCUT2D eigenvalue weighted by Crippen LogP contribution is -2.39. The number of halogens is 3. The van der Waals surface area contributed by atoms with Crippen molar-refractivity contribution in [3.63, 3.8) is 0 Å². The van der Waals surface area contributed by atoms with Crippen molar-refractivity contribution in [2.45, 2.75) is 51.4 Å². The largest absolute Gasteiger partial charge is 0.417 e. The van der Waals surface area contributed by atoms with Crippen molar-refractivity contribution in [2.75, 3.05) is 7.05 Å². The van der Waals surface area contributed by atoms with Gasteiger partial charge in [0.15, 0.2) is 0 Å². The molecule has 0 aliphatic heterocycles. The van der Waals surface area contributed by atoms with Crippen LogP contribution in [0, 0.1) is 12.8 Å². The molecule has 4 aromatic rings. The molecule has 0 bridgehead atoms. The first-order valence-electron chi connectivity index (χ1n) is 13.4. The van der Waals surface area contributed by atoms with Crippen LogP contribution in [-0.2, 0) is 12.7 Å². The number of imidazole rings is 1. The summed E-state index contributed by atoms with van der Waals surface area (Å²) in [5, 5.41) is 5.32. The molecule has 2 aromatic heterocycles. The van der Waals surface area contributed by atoms with E-state index in [0.717, 1.165) is 11.6 Å². The third kappa shape index (κ3) is 5.75. The fourth-order valence-corrected chi connectivity index (χ4v) is 5.52. The van der Waals surface area contributed by atoms with Crippen molar-refractivity contribution >= 4 is 22.8 Å². The summed E-state index contributed by atoms with van der Waals surface area (Å²) in [6.45, 7) is 2.12. The molecule has 1 aliphatic rings. The second kappa shape index (κ2) is 11.2. The Labute approximate surface area is 234 Å². The number of amides is 2. The van der Waals surface area contributed by atoms with Gasteiger partial charge in [0.1, 0.15) is 5.69 Å². The molecule has 0 radical (unpaired) electrons. The Morgan fingerprint density at radius 2 is 1.68 bits per heavy atom. The topological polar surface area (TPSA) is 98.0 Å². The first kappa shape index (κ1) is 28.1. The SMILES string of the molecule is CNC(=O)c1ccc(-n2c(=O)n(C[C@H]3CC[C@H](NC(=O)c4cc(C)ccc4C(F)(F)F)CC3)c3ccccc32)cn1. The number of alkyl halides is 3. The lowest BCUT2D eigenvalue weighted by molar-refractivity contribution is -0.137. The standard InChI is InChI=1S/C30H30F3N5O3/c1-18-7-13-23(30(31,32)33)22(15-18)27(39)36-20-10-8-19(9-11-20)17-37-25-5-3-4-6-26(25)38(29(37)41)21-12-14-24(35-16-21)28(40)34-2/h3-7,12-16,19-20H,8-11,17H2,1-2H3,(H,34,40)(H,36,39)/t19-,20-. The third-order valence-corrected chi connectivity index (χ3v) is 7.65. The number of carbonyl (C=O) groups is 2. The molecule has 214 valence electrons. The van der Waals surface area contributed by atoms with E-state index in [0.29, 0.717) is 49.0 Å². The highest BCUT2D eigenvalue weighted by Gasteiger charge is 2.36. The highest BCUT2D eigenvalue weighted by Crippen LogP contribution is 2.33. The third-order valence-electron chi connectivity index (χ3n) is 7.65. The molecule has 11 heteroatoms. The van der Waals surface area contributed by atoms with Crippen molar-refractivity contribution in [3.05, 3.63) is 93.7 Å². The smallest absolute Gasteiger partial charge is 0.354 e. The second-order valence-electron chi connectivity index (χ2n) is 10.4. The van der Waals surface area contributed by atoms with Crippen LogP contribution in [0.15, 0.2) is 65.6 Å². The molecule has 2 aromatic carbocycles. The molecule has 2 N–H and O–H groups in total. The van der Waals surface area contributed by atoms with Crippen LogP contribution in [-0.4, -0.2) is 39.0 Å². The fraction of sp³-hybridized carbons (Fsp3) is 0.333. The lowest BCUT2D eigenvalue weighted by atomic mass is 9.85. The molecule has 8 nitrogen and oxygen atoms in total. The predicted octanol–water partition coefficient (Wildman–Crippen LogP) is 4.86. The maximum Gasteiger partial charge on any atom is 0.417 e. The molecule has 2 heterocycles. The summed E-state index contributed by atoms with van der Waals surface area (Å²) in [6.07, 6.45) is -0.510. The minimum absolute atomic E-state index is 0.151. The van der Waals surface area contributed by atoms with Gasteiger partial charge in [0.25, 0.3) is 11.8 Å². The number of hydrogen-bond donors (Lipinski definition) is 2. The van der Waals surface area contributed by atoms with Crippen molar-refractivity contribution in [1.29, 1.82) is 0 Å². The highest BCUT2D eigenvalue weighted by atomic mass is 19.4. The minimum Gasteiger partial charge on any atom is -0.354 e. The van der Waals surface area contributed by atoms with Gasteiger partial charge in [-0.15, -0.1) is 0 Å². The van der Waals surface area contributed by atoms with Crippen LogP contribution in [0.2, 0.25) is 0 Å². The van der Waals surface area contributed by atoms with Crippen LogP contribution >= 0.6 is 0 Å². The van der Waals surface area contributed by atoms with E-state index >= 15 is 0 Å². The number of hydrogen-bond acceptors (Lipinski definition) is 4. The number of nitrogens with zero attached hydrogens (tertiary/aromatic N) is 3. The van der Waals surface area contributed by atoms with Crippen molar-refractivity contribution in [1.82, 2.24) is 24.8 Å². The molecule has 0 saturated heterocycles. The van der Waals surface area contributed by atoms with Gasteiger partial charge in [-0.3, -0.25) is 18.7 Å². The molecule has 1 saturated carbocycles. The molecule has 1 fully saturated rings. The number of aromatic nitrogens is 3. The Bertz CT molecular complexity index is 1650. The average molecular weight is 566 g/mol. The molecule has 0 spiro atoms. The molecular weight excluding hydrogens is 535 g/mol. The van der Waals surface area contributed by atoms with Gasteiger partial charge in [0.05, 0.1) is 34.0 Å². The van der Waals surface area contributed by atoms with E-state index in [2.05, 4.69) is 15.6 Å². The number of aryl methyl sites for hydroxylation is 1. The normalized spacial score (nSPS) is 17.4. The van der Waals surface area contributed by atoms with Crippen LogP contribution in [0.25, 0.3) is 16.7 Å². The highest BCUT2D eigenvalue weighted by molar-refractivity contribution is 5.96. The molecule has 0 unspecified atom stereocenters. The van der Waals surface area contributed by atoms with E-state index in [-0.39, 0.29) is 34.8 Å². The number of nitrogens with one attached hydrogen (secondary N) is 2. The van der Waals surface area contributed by atoms with Crippen LogP contribution in [0.3, 0.4) is 0 Å². The zero-order chi connectivity index (χ0) is 29.3. The zero-order valence-electron chi connectivity index (χ0n) is 22.7. The zero-order valence-corrected chi connectivity index (χ0v) is 22.7. The number of rotatable bonds is 6. The first-order chi connectivity index (χ1) is 19.6. The first-order valence-corrected chi connectivity index (χ1v) is 13.4. The molecular formula is C30H30F3N5O3. The number of carbonyl (C=O) groups excluding carboxylic acids is 2. The molecule has 0 atom stereocenters. The quantitative estimate of drug-likeness (QED) is 0.349. The van der Waals surface area contributed by atoms with Crippen LogP contribution in [0.4, 0.5) is 13.2 Å². The van der Waals surface area contributed by atoms with Crippen LogP contribution in [0.1, 0.15) is 57.7 Å². The van der Waals surface area contributed by atoms with E-state index < -0.39 is 17.6 Å². The van der Waals surface area contributed by atoms with E-state index in [1.165, 1.54) is 25.4 Å². The van der Waals surface area contributed by atoms with Gasteiger partial charge in [-0.05, 0) is 74.9 Å². The minimum atomic E-state index is -4.62. The monoisotopic (exact) mass is 565 g/mol. The van der Waals surface area contributed by atoms with Gasteiger partial charge in [-0.1, -0.05) is 23.8 Å². The fourth-order valence-electron chi connectivity index (χ4n) is 5.52. The maximum absolute atomic E-state index is 13.6. The van der Waals surface area contributed by atoms with Gasteiger partial charge in [-0.25, -0.2) is 9.78 Å². The van der Waals surface area contributed by atoms with Crippen LogP contribution in [0.5, 0.6) is 0 Å². The van der Waals surface area contributed by atoms with Crippen molar-refractivity contribution < 1.29 is 22.8 Å². The van der Waals surface area contributed by atoms with Gasteiger partial charge < -0.3 is 10.6 Å².